The first kappa shape index (κ1) is 7.81. The van der Waals surface area contributed by atoms with Crippen molar-refractivity contribution >= 4 is 5.97 Å². The van der Waals surface area contributed by atoms with E-state index < -0.39 is 12.0 Å². The summed E-state index contributed by atoms with van der Waals surface area (Å²) in [6.07, 6.45) is 2.85. The van der Waals surface area contributed by atoms with Crippen molar-refractivity contribution in [2.75, 3.05) is 0 Å². The van der Waals surface area contributed by atoms with Crippen molar-refractivity contribution in [3.05, 3.63) is 24.2 Å². The van der Waals surface area contributed by atoms with E-state index in [1.807, 2.05) is 0 Å². The lowest BCUT2D eigenvalue weighted by molar-refractivity contribution is -0.137. The van der Waals surface area contributed by atoms with E-state index in [2.05, 4.69) is 0 Å². The molecule has 4 heteroatoms. The Morgan fingerprint density at radius 2 is 2.55 bits per heavy atom. The van der Waals surface area contributed by atoms with Crippen molar-refractivity contribution in [1.29, 1.82) is 0 Å². The van der Waals surface area contributed by atoms with Crippen molar-refractivity contribution in [1.82, 2.24) is 0 Å². The maximum atomic E-state index is 10.2. The fourth-order valence-corrected chi connectivity index (χ4v) is 0.792. The van der Waals surface area contributed by atoms with Gasteiger partial charge in [0.05, 0.1) is 18.9 Å². The van der Waals surface area contributed by atoms with Crippen LogP contribution in [0.2, 0.25) is 0 Å². The minimum atomic E-state index is -0.904. The van der Waals surface area contributed by atoms with Crippen molar-refractivity contribution < 1.29 is 14.3 Å². The Kier molecular flexibility index (Phi) is 2.28. The molecule has 1 rings (SSSR count). The van der Waals surface area contributed by atoms with E-state index in [9.17, 15) is 4.79 Å². The number of hydrogen-bond acceptors (Lipinski definition) is 3. The predicted octanol–water partition coefficient (Wildman–Crippen LogP) is 0.754. The van der Waals surface area contributed by atoms with E-state index >= 15 is 0 Å². The summed E-state index contributed by atoms with van der Waals surface area (Å²) in [5.74, 6) is -0.904. The van der Waals surface area contributed by atoms with Crippen molar-refractivity contribution in [3.8, 4) is 0 Å². The molecular weight excluding hydrogens is 146 g/mol. The first-order chi connectivity index (χ1) is 5.20. The minimum absolute atomic E-state index is 0.0699. The Morgan fingerprint density at radius 1 is 1.82 bits per heavy atom. The number of carboxylic acids is 1. The number of furan rings is 1. The van der Waals surface area contributed by atoms with Crippen LogP contribution in [-0.2, 0) is 4.79 Å². The van der Waals surface area contributed by atoms with Gasteiger partial charge in [-0.15, -0.1) is 0 Å². The molecule has 60 valence electrons. The second kappa shape index (κ2) is 3.21. The largest absolute Gasteiger partial charge is 0.481 e. The Morgan fingerprint density at radius 3 is 3.00 bits per heavy atom. The van der Waals surface area contributed by atoms with Crippen LogP contribution in [0.5, 0.6) is 0 Å². The maximum absolute atomic E-state index is 10.2. The summed E-state index contributed by atoms with van der Waals surface area (Å²) in [4.78, 5) is 10.2. The normalized spacial score (nSPS) is 12.8. The molecule has 0 fully saturated rings. The molecule has 0 aliphatic carbocycles. The highest BCUT2D eigenvalue weighted by molar-refractivity contribution is 5.67. The van der Waals surface area contributed by atoms with E-state index in [1.165, 1.54) is 12.5 Å². The molecule has 0 radical (unpaired) electrons. The van der Waals surface area contributed by atoms with Gasteiger partial charge in [-0.1, -0.05) is 0 Å². The SMILES string of the molecule is NC(CC(=O)O)c1ccoc1. The van der Waals surface area contributed by atoms with Crippen LogP contribution in [0, 0.1) is 0 Å². The van der Waals surface area contributed by atoms with E-state index in [-0.39, 0.29) is 6.42 Å². The predicted molar refractivity (Wildman–Crippen MR) is 37.9 cm³/mol. The molecule has 0 aliphatic rings. The molecule has 3 N–H and O–H groups in total. The first-order valence-electron chi connectivity index (χ1n) is 3.19. The molecule has 0 saturated carbocycles. The Labute approximate surface area is 63.6 Å². The lowest BCUT2D eigenvalue weighted by atomic mass is 10.1. The second-order valence-corrected chi connectivity index (χ2v) is 2.26. The monoisotopic (exact) mass is 155 g/mol. The van der Waals surface area contributed by atoms with E-state index in [0.717, 1.165) is 0 Å². The van der Waals surface area contributed by atoms with Crippen LogP contribution in [-0.4, -0.2) is 11.1 Å². The summed E-state index contributed by atoms with van der Waals surface area (Å²) in [7, 11) is 0. The Hall–Kier alpha value is -1.29. The van der Waals surface area contributed by atoms with Crippen LogP contribution in [0.15, 0.2) is 23.0 Å². The number of aliphatic carboxylic acids is 1. The van der Waals surface area contributed by atoms with E-state index in [1.54, 1.807) is 6.07 Å². The van der Waals surface area contributed by atoms with Crippen molar-refractivity contribution in [2.45, 2.75) is 12.5 Å². The molecule has 0 bridgehead atoms. The average molecular weight is 155 g/mol. The third-order valence-corrected chi connectivity index (χ3v) is 1.37. The van der Waals surface area contributed by atoms with Gasteiger partial charge in [0, 0.05) is 11.6 Å². The Bertz CT molecular complexity index is 230. The summed E-state index contributed by atoms with van der Waals surface area (Å²) < 4.78 is 4.74. The topological polar surface area (TPSA) is 76.5 Å². The molecular formula is C7H9NO3. The third kappa shape index (κ3) is 2.09. The molecule has 1 aromatic rings. The zero-order valence-corrected chi connectivity index (χ0v) is 5.86. The van der Waals surface area contributed by atoms with Gasteiger partial charge in [-0.2, -0.15) is 0 Å². The Balaban J connectivity index is 2.56. The molecule has 1 aromatic heterocycles. The van der Waals surface area contributed by atoms with Crippen LogP contribution >= 0.6 is 0 Å². The standard InChI is InChI=1S/C7H9NO3/c8-6(3-7(9)10)5-1-2-11-4-5/h1-2,4,6H,3,8H2,(H,9,10). The molecule has 0 aromatic carbocycles. The van der Waals surface area contributed by atoms with Gasteiger partial charge >= 0.3 is 5.97 Å². The van der Waals surface area contributed by atoms with Crippen LogP contribution < -0.4 is 5.73 Å². The quantitative estimate of drug-likeness (QED) is 0.675. The van der Waals surface area contributed by atoms with Gasteiger partial charge in [-0.05, 0) is 6.07 Å². The smallest absolute Gasteiger partial charge is 0.305 e. The maximum Gasteiger partial charge on any atom is 0.305 e. The van der Waals surface area contributed by atoms with Crippen molar-refractivity contribution in [3.63, 3.8) is 0 Å². The lowest BCUT2D eigenvalue weighted by Crippen LogP contribution is -2.13. The fourth-order valence-electron chi connectivity index (χ4n) is 0.792. The summed E-state index contributed by atoms with van der Waals surface area (Å²) in [5.41, 5.74) is 6.21. The molecule has 0 spiro atoms. The highest BCUT2D eigenvalue weighted by atomic mass is 16.4. The number of nitrogens with two attached hydrogens (primary N) is 1. The van der Waals surface area contributed by atoms with Gasteiger partial charge in [0.1, 0.15) is 0 Å². The van der Waals surface area contributed by atoms with E-state index in [0.29, 0.717) is 5.56 Å². The highest BCUT2D eigenvalue weighted by Crippen LogP contribution is 2.13. The molecule has 0 amide bonds. The molecule has 4 nitrogen and oxygen atoms in total. The van der Waals surface area contributed by atoms with Gasteiger partial charge in [0.2, 0.25) is 0 Å². The highest BCUT2D eigenvalue weighted by Gasteiger charge is 2.10. The molecule has 1 unspecified atom stereocenters. The zero-order valence-electron chi connectivity index (χ0n) is 5.86. The second-order valence-electron chi connectivity index (χ2n) is 2.26. The van der Waals surface area contributed by atoms with Crippen LogP contribution in [0.25, 0.3) is 0 Å². The molecule has 1 atom stereocenters. The molecule has 0 aliphatic heterocycles. The van der Waals surface area contributed by atoms with Gasteiger partial charge < -0.3 is 15.3 Å². The molecule has 11 heavy (non-hydrogen) atoms. The minimum Gasteiger partial charge on any atom is -0.481 e. The third-order valence-electron chi connectivity index (χ3n) is 1.37. The van der Waals surface area contributed by atoms with Gasteiger partial charge in [-0.3, -0.25) is 4.79 Å². The van der Waals surface area contributed by atoms with Gasteiger partial charge in [0.15, 0.2) is 0 Å². The first-order valence-corrected chi connectivity index (χ1v) is 3.19. The number of carbonyl (C=O) groups is 1. The number of hydrogen-bond donors (Lipinski definition) is 2. The molecule has 0 saturated heterocycles. The van der Waals surface area contributed by atoms with Crippen LogP contribution in [0.1, 0.15) is 18.0 Å². The van der Waals surface area contributed by atoms with Crippen molar-refractivity contribution in [2.24, 2.45) is 5.73 Å². The zero-order chi connectivity index (χ0) is 8.27. The molecule has 1 heterocycles. The number of rotatable bonds is 3. The van der Waals surface area contributed by atoms with E-state index in [4.69, 9.17) is 15.3 Å². The summed E-state index contributed by atoms with van der Waals surface area (Å²) in [5, 5.41) is 8.37. The van der Waals surface area contributed by atoms with Crippen LogP contribution in [0.3, 0.4) is 0 Å². The summed E-state index contributed by atoms with van der Waals surface area (Å²) >= 11 is 0. The average Bonchev–Trinajstić information content (AvgIpc) is 2.35. The van der Waals surface area contributed by atoms with Gasteiger partial charge in [-0.25, -0.2) is 0 Å². The summed E-state index contributed by atoms with van der Waals surface area (Å²) in [6, 6.07) is 1.19. The lowest BCUT2D eigenvalue weighted by Gasteiger charge is -2.03. The number of carboxylic acid groups (broad SMARTS) is 1. The summed E-state index contributed by atoms with van der Waals surface area (Å²) in [6.45, 7) is 0. The van der Waals surface area contributed by atoms with Crippen LogP contribution in [0.4, 0.5) is 0 Å². The van der Waals surface area contributed by atoms with Gasteiger partial charge in [0.25, 0.3) is 0 Å². The fraction of sp³-hybridized carbons (Fsp3) is 0.286.